The summed E-state index contributed by atoms with van der Waals surface area (Å²) < 4.78 is 5.32. The fourth-order valence-corrected chi connectivity index (χ4v) is 3.43. The molecule has 2 aromatic heterocycles. The highest BCUT2D eigenvalue weighted by molar-refractivity contribution is 5.78. The number of carbonyl (C=O) groups excluding carboxylic acids is 1. The van der Waals surface area contributed by atoms with Gasteiger partial charge in [0.05, 0.1) is 23.4 Å². The second kappa shape index (κ2) is 8.71. The first-order chi connectivity index (χ1) is 14.9. The number of benzene rings is 2. The molecule has 0 aliphatic carbocycles. The van der Waals surface area contributed by atoms with Crippen molar-refractivity contribution in [3.8, 4) is 0 Å². The second-order valence-corrected chi connectivity index (χ2v) is 8.71. The zero-order chi connectivity index (χ0) is 21.8. The highest BCUT2D eigenvalue weighted by atomic mass is 16.5. The number of hydrogen-bond acceptors (Lipinski definition) is 5. The van der Waals surface area contributed by atoms with Gasteiger partial charge in [-0.05, 0) is 29.7 Å². The van der Waals surface area contributed by atoms with E-state index in [2.05, 4.69) is 25.4 Å². The van der Waals surface area contributed by atoms with E-state index >= 15 is 0 Å². The number of rotatable bonds is 7. The van der Waals surface area contributed by atoms with E-state index in [0.717, 1.165) is 22.2 Å². The van der Waals surface area contributed by atoms with Gasteiger partial charge in [-0.1, -0.05) is 62.3 Å². The number of fused-ring (bicyclic) bond motifs is 1. The summed E-state index contributed by atoms with van der Waals surface area (Å²) >= 11 is 0. The SMILES string of the molecule is CC(C)(C)c1noc(CCCC(=O)NC(c2ccccc2)c2ccc3nc[nH]c3c2)n1. The predicted octanol–water partition coefficient (Wildman–Crippen LogP) is 4.47. The van der Waals surface area contributed by atoms with Crippen LogP contribution in [0.5, 0.6) is 0 Å². The Bertz CT molecular complexity index is 1160. The molecule has 2 aromatic carbocycles. The van der Waals surface area contributed by atoms with E-state index in [4.69, 9.17) is 4.52 Å². The number of nitrogens with one attached hydrogen (secondary N) is 2. The Hall–Kier alpha value is -3.48. The number of imidazole rings is 1. The molecule has 2 heterocycles. The van der Waals surface area contributed by atoms with Crippen molar-refractivity contribution >= 4 is 16.9 Å². The van der Waals surface area contributed by atoms with Crippen LogP contribution in [0.3, 0.4) is 0 Å². The summed E-state index contributed by atoms with van der Waals surface area (Å²) in [6.07, 6.45) is 3.27. The van der Waals surface area contributed by atoms with Gasteiger partial charge < -0.3 is 14.8 Å². The van der Waals surface area contributed by atoms with Crippen molar-refractivity contribution in [3.05, 3.63) is 77.7 Å². The molecule has 2 N–H and O–H groups in total. The number of amides is 1. The summed E-state index contributed by atoms with van der Waals surface area (Å²) in [6.45, 7) is 6.12. The molecule has 4 rings (SSSR count). The van der Waals surface area contributed by atoms with Crippen LogP contribution in [0.15, 0.2) is 59.4 Å². The molecule has 0 fully saturated rings. The summed E-state index contributed by atoms with van der Waals surface area (Å²) in [5.74, 6) is 1.24. The van der Waals surface area contributed by atoms with E-state index in [1.807, 2.05) is 69.3 Å². The van der Waals surface area contributed by atoms with Crippen molar-refractivity contribution in [1.29, 1.82) is 0 Å². The zero-order valence-electron chi connectivity index (χ0n) is 18.1. The Morgan fingerprint density at radius 2 is 1.94 bits per heavy atom. The van der Waals surface area contributed by atoms with Crippen LogP contribution in [0.4, 0.5) is 0 Å². The fraction of sp³-hybridized carbons (Fsp3) is 0.333. The monoisotopic (exact) mass is 417 g/mol. The van der Waals surface area contributed by atoms with Crippen molar-refractivity contribution in [2.24, 2.45) is 0 Å². The van der Waals surface area contributed by atoms with Crippen LogP contribution < -0.4 is 5.32 Å². The Morgan fingerprint density at radius 3 is 2.68 bits per heavy atom. The molecule has 0 saturated heterocycles. The van der Waals surface area contributed by atoms with Crippen molar-refractivity contribution in [2.75, 3.05) is 0 Å². The van der Waals surface area contributed by atoms with Crippen molar-refractivity contribution < 1.29 is 9.32 Å². The molecular formula is C24H27N5O2. The van der Waals surface area contributed by atoms with Gasteiger partial charge in [-0.3, -0.25) is 4.79 Å². The highest BCUT2D eigenvalue weighted by Gasteiger charge is 2.21. The minimum absolute atomic E-state index is 0.0193. The van der Waals surface area contributed by atoms with Gasteiger partial charge in [-0.25, -0.2) is 4.98 Å². The van der Waals surface area contributed by atoms with Crippen LogP contribution in [0.25, 0.3) is 11.0 Å². The van der Waals surface area contributed by atoms with Crippen molar-refractivity contribution in [3.63, 3.8) is 0 Å². The van der Waals surface area contributed by atoms with Crippen LogP contribution in [0, 0.1) is 0 Å². The summed E-state index contributed by atoms with van der Waals surface area (Å²) in [5, 5.41) is 7.22. The molecule has 4 aromatic rings. The number of nitrogens with zero attached hydrogens (tertiary/aromatic N) is 3. The molecule has 0 saturated carbocycles. The lowest BCUT2D eigenvalue weighted by Gasteiger charge is -2.20. The van der Waals surface area contributed by atoms with Crippen molar-refractivity contribution in [2.45, 2.75) is 51.5 Å². The maximum absolute atomic E-state index is 12.8. The minimum Gasteiger partial charge on any atom is -0.345 e. The third kappa shape index (κ3) is 4.99. The molecule has 0 aliphatic heterocycles. The fourth-order valence-electron chi connectivity index (χ4n) is 3.43. The van der Waals surface area contributed by atoms with E-state index in [0.29, 0.717) is 31.0 Å². The van der Waals surface area contributed by atoms with Crippen LogP contribution in [-0.4, -0.2) is 26.0 Å². The maximum Gasteiger partial charge on any atom is 0.226 e. The zero-order valence-corrected chi connectivity index (χ0v) is 18.1. The van der Waals surface area contributed by atoms with Gasteiger partial charge in [-0.2, -0.15) is 4.98 Å². The molecular weight excluding hydrogens is 390 g/mol. The summed E-state index contributed by atoms with van der Waals surface area (Å²) in [4.78, 5) is 24.6. The first-order valence-electron chi connectivity index (χ1n) is 10.5. The van der Waals surface area contributed by atoms with Gasteiger partial charge in [-0.15, -0.1) is 0 Å². The lowest BCUT2D eigenvalue weighted by Crippen LogP contribution is -2.29. The van der Waals surface area contributed by atoms with Crippen LogP contribution in [0.1, 0.15) is 62.5 Å². The third-order valence-electron chi connectivity index (χ3n) is 5.15. The standard InChI is InChI=1S/C24H27N5O2/c1-24(2,3)23-28-21(31-29-23)11-7-10-20(30)27-22(16-8-5-4-6-9-16)17-12-13-18-19(14-17)26-15-25-18/h4-6,8-9,12-15,22H,7,10-11H2,1-3H3,(H,25,26)(H,27,30). The van der Waals surface area contributed by atoms with E-state index < -0.39 is 0 Å². The lowest BCUT2D eigenvalue weighted by molar-refractivity contribution is -0.121. The van der Waals surface area contributed by atoms with Crippen molar-refractivity contribution in [1.82, 2.24) is 25.4 Å². The highest BCUT2D eigenvalue weighted by Crippen LogP contribution is 2.25. The van der Waals surface area contributed by atoms with E-state index in [-0.39, 0.29) is 17.4 Å². The van der Waals surface area contributed by atoms with E-state index in [9.17, 15) is 4.79 Å². The second-order valence-electron chi connectivity index (χ2n) is 8.71. The average Bonchev–Trinajstić information content (AvgIpc) is 3.41. The molecule has 1 amide bonds. The van der Waals surface area contributed by atoms with E-state index in [1.54, 1.807) is 6.33 Å². The van der Waals surface area contributed by atoms with Crippen LogP contribution in [-0.2, 0) is 16.6 Å². The number of H-pyrrole nitrogens is 1. The van der Waals surface area contributed by atoms with Gasteiger partial charge in [0.15, 0.2) is 5.82 Å². The normalized spacial score (nSPS) is 12.7. The summed E-state index contributed by atoms with van der Waals surface area (Å²) in [7, 11) is 0. The van der Waals surface area contributed by atoms with Gasteiger partial charge in [0.25, 0.3) is 0 Å². The quantitative estimate of drug-likeness (QED) is 0.462. The number of hydrogen-bond donors (Lipinski definition) is 2. The average molecular weight is 418 g/mol. The number of aryl methyl sites for hydroxylation is 1. The molecule has 1 unspecified atom stereocenters. The topological polar surface area (TPSA) is 96.7 Å². The van der Waals surface area contributed by atoms with Gasteiger partial charge in [0, 0.05) is 18.3 Å². The third-order valence-corrected chi connectivity index (χ3v) is 5.15. The van der Waals surface area contributed by atoms with Gasteiger partial charge in [0.1, 0.15) is 0 Å². The molecule has 31 heavy (non-hydrogen) atoms. The Labute approximate surface area is 181 Å². The number of aromatic amines is 1. The maximum atomic E-state index is 12.8. The molecule has 7 nitrogen and oxygen atoms in total. The molecule has 0 bridgehead atoms. The number of aromatic nitrogens is 4. The molecule has 160 valence electrons. The van der Waals surface area contributed by atoms with Crippen LogP contribution >= 0.6 is 0 Å². The molecule has 1 atom stereocenters. The predicted molar refractivity (Wildman–Crippen MR) is 118 cm³/mol. The molecule has 0 spiro atoms. The number of carbonyl (C=O) groups is 1. The minimum atomic E-state index is -0.239. The van der Waals surface area contributed by atoms with Gasteiger partial charge >= 0.3 is 0 Å². The largest absolute Gasteiger partial charge is 0.345 e. The molecule has 0 radical (unpaired) electrons. The summed E-state index contributed by atoms with van der Waals surface area (Å²) in [5.41, 5.74) is 3.72. The van der Waals surface area contributed by atoms with E-state index in [1.165, 1.54) is 0 Å². The smallest absolute Gasteiger partial charge is 0.226 e. The summed E-state index contributed by atoms with van der Waals surface area (Å²) in [6, 6.07) is 15.7. The molecule has 7 heteroatoms. The Balaban J connectivity index is 1.43. The molecule has 0 aliphatic rings. The Morgan fingerprint density at radius 1 is 1.13 bits per heavy atom. The van der Waals surface area contributed by atoms with Crippen LogP contribution in [0.2, 0.25) is 0 Å². The first-order valence-corrected chi connectivity index (χ1v) is 10.5. The Kier molecular flexibility index (Phi) is 5.84. The lowest BCUT2D eigenvalue weighted by atomic mass is 9.96. The first kappa shape index (κ1) is 20.8. The van der Waals surface area contributed by atoms with Gasteiger partial charge in [0.2, 0.25) is 11.8 Å².